The standard InChI is InChI=1S/C34H45N3O3/c1-25(2)13-6-4-5-7-18-33(38)36-24-26-19-20-31(32(23-26)39-3)40-22-12-21-35-34-27-14-8-10-16-29(27)37-30-17-11-9-15-28(30)34/h6,8,10,13-14,16,19-20,23,25H,4-5,7,9,11-12,15,17-18,21-22,24H2,1-3H3,(H,35,37)(H,36,38)/b13-6+. The number of amides is 1. The van der Waals surface area contributed by atoms with Crippen molar-refractivity contribution in [2.24, 2.45) is 5.92 Å². The largest absolute Gasteiger partial charge is 0.493 e. The fraction of sp³-hybridized carbons (Fsp3) is 0.471. The summed E-state index contributed by atoms with van der Waals surface area (Å²) in [5.74, 6) is 2.07. The van der Waals surface area contributed by atoms with Crippen LogP contribution in [-0.4, -0.2) is 31.2 Å². The normalized spacial score (nSPS) is 13.0. The van der Waals surface area contributed by atoms with Gasteiger partial charge in [-0.25, -0.2) is 0 Å². The molecule has 3 aromatic rings. The lowest BCUT2D eigenvalue weighted by Gasteiger charge is -2.21. The second-order valence-electron chi connectivity index (χ2n) is 10.9. The molecule has 0 unspecified atom stereocenters. The van der Waals surface area contributed by atoms with Crippen LogP contribution < -0.4 is 20.1 Å². The van der Waals surface area contributed by atoms with Crippen LogP contribution in [0.2, 0.25) is 0 Å². The van der Waals surface area contributed by atoms with Crippen LogP contribution >= 0.6 is 0 Å². The van der Waals surface area contributed by atoms with E-state index < -0.39 is 0 Å². The molecule has 1 amide bonds. The number of carbonyl (C=O) groups excluding carboxylic acids is 1. The van der Waals surface area contributed by atoms with Gasteiger partial charge in [-0.3, -0.25) is 9.78 Å². The molecular weight excluding hydrogens is 498 g/mol. The lowest BCUT2D eigenvalue weighted by molar-refractivity contribution is -0.121. The zero-order chi connectivity index (χ0) is 28.2. The first-order chi connectivity index (χ1) is 19.5. The molecule has 6 heteroatoms. The second kappa shape index (κ2) is 15.3. The zero-order valence-electron chi connectivity index (χ0n) is 24.4. The number of fused-ring (bicyclic) bond motifs is 2. The van der Waals surface area contributed by atoms with Crippen molar-refractivity contribution < 1.29 is 14.3 Å². The highest BCUT2D eigenvalue weighted by molar-refractivity contribution is 5.93. The van der Waals surface area contributed by atoms with E-state index in [2.05, 4.69) is 60.9 Å². The van der Waals surface area contributed by atoms with Crippen LogP contribution in [0.3, 0.4) is 0 Å². The van der Waals surface area contributed by atoms with Crippen molar-refractivity contribution in [3.05, 3.63) is 71.4 Å². The molecule has 0 saturated heterocycles. The summed E-state index contributed by atoms with van der Waals surface area (Å²) in [7, 11) is 1.65. The van der Waals surface area contributed by atoms with Crippen LogP contribution in [0.5, 0.6) is 11.5 Å². The van der Waals surface area contributed by atoms with Gasteiger partial charge in [-0.1, -0.05) is 50.3 Å². The number of anilines is 1. The quantitative estimate of drug-likeness (QED) is 0.154. The Morgan fingerprint density at radius 2 is 1.90 bits per heavy atom. The first-order valence-electron chi connectivity index (χ1n) is 14.9. The van der Waals surface area contributed by atoms with E-state index in [-0.39, 0.29) is 5.91 Å². The van der Waals surface area contributed by atoms with Gasteiger partial charge in [-0.15, -0.1) is 0 Å². The first-order valence-corrected chi connectivity index (χ1v) is 14.9. The Bertz CT molecular complexity index is 1280. The van der Waals surface area contributed by atoms with E-state index in [1.54, 1.807) is 7.11 Å². The fourth-order valence-electron chi connectivity index (χ4n) is 5.19. The molecule has 0 fully saturated rings. The monoisotopic (exact) mass is 543 g/mol. The molecule has 1 heterocycles. The van der Waals surface area contributed by atoms with Gasteiger partial charge in [0.05, 0.1) is 19.2 Å². The number of aryl methyl sites for hydroxylation is 1. The Labute approximate surface area is 239 Å². The molecule has 2 aromatic carbocycles. The van der Waals surface area contributed by atoms with Gasteiger partial charge in [0.2, 0.25) is 5.91 Å². The Morgan fingerprint density at radius 3 is 2.75 bits per heavy atom. The fourth-order valence-corrected chi connectivity index (χ4v) is 5.19. The van der Waals surface area contributed by atoms with Gasteiger partial charge in [-0.2, -0.15) is 0 Å². The highest BCUT2D eigenvalue weighted by atomic mass is 16.5. The number of hydrogen-bond donors (Lipinski definition) is 2. The maximum atomic E-state index is 12.2. The minimum Gasteiger partial charge on any atom is -0.493 e. The van der Waals surface area contributed by atoms with E-state index in [9.17, 15) is 4.79 Å². The Balaban J connectivity index is 1.22. The molecule has 1 aliphatic rings. The predicted molar refractivity (Wildman–Crippen MR) is 164 cm³/mol. The molecule has 1 aliphatic carbocycles. The van der Waals surface area contributed by atoms with E-state index in [0.717, 1.165) is 61.9 Å². The van der Waals surface area contributed by atoms with E-state index >= 15 is 0 Å². The highest BCUT2D eigenvalue weighted by Gasteiger charge is 2.17. The molecular formula is C34H45N3O3. The van der Waals surface area contributed by atoms with Crippen LogP contribution in [0.15, 0.2) is 54.6 Å². The molecule has 2 N–H and O–H groups in total. The molecule has 4 rings (SSSR count). The first kappa shape index (κ1) is 29.4. The number of ether oxygens (including phenoxy) is 2. The molecule has 0 saturated carbocycles. The summed E-state index contributed by atoms with van der Waals surface area (Å²) in [6.45, 7) is 6.23. The van der Waals surface area contributed by atoms with E-state index in [1.807, 2.05) is 18.2 Å². The molecule has 0 spiro atoms. The van der Waals surface area contributed by atoms with Crippen LogP contribution in [-0.2, 0) is 24.2 Å². The molecule has 1 aromatic heterocycles. The third kappa shape index (κ3) is 8.48. The minimum absolute atomic E-state index is 0.0860. The maximum absolute atomic E-state index is 12.2. The lowest BCUT2D eigenvalue weighted by Crippen LogP contribution is -2.22. The van der Waals surface area contributed by atoms with Crippen molar-refractivity contribution in [2.45, 2.75) is 78.2 Å². The topological polar surface area (TPSA) is 72.5 Å². The smallest absolute Gasteiger partial charge is 0.220 e. The van der Waals surface area contributed by atoms with Crippen LogP contribution in [0.4, 0.5) is 5.69 Å². The number of unbranched alkanes of at least 4 members (excludes halogenated alkanes) is 2. The molecule has 214 valence electrons. The highest BCUT2D eigenvalue weighted by Crippen LogP contribution is 2.33. The number of pyridine rings is 1. The van der Waals surface area contributed by atoms with Gasteiger partial charge in [-0.05, 0) is 86.6 Å². The average Bonchev–Trinajstić information content (AvgIpc) is 2.97. The van der Waals surface area contributed by atoms with Crippen LogP contribution in [0, 0.1) is 5.92 Å². The second-order valence-corrected chi connectivity index (χ2v) is 10.9. The van der Waals surface area contributed by atoms with Gasteiger partial charge in [0.25, 0.3) is 0 Å². The zero-order valence-corrected chi connectivity index (χ0v) is 24.4. The number of rotatable bonds is 15. The van der Waals surface area contributed by atoms with Crippen molar-refractivity contribution in [3.8, 4) is 11.5 Å². The summed E-state index contributed by atoms with van der Waals surface area (Å²) in [5.41, 5.74) is 5.94. The average molecular weight is 544 g/mol. The number of para-hydroxylation sites is 1. The summed E-state index contributed by atoms with van der Waals surface area (Å²) < 4.78 is 11.7. The molecule has 0 aliphatic heterocycles. The van der Waals surface area contributed by atoms with Crippen molar-refractivity contribution in [2.75, 3.05) is 25.6 Å². The van der Waals surface area contributed by atoms with Crippen molar-refractivity contribution in [1.82, 2.24) is 10.3 Å². The number of methoxy groups -OCH3 is 1. The molecule has 40 heavy (non-hydrogen) atoms. The number of carbonyl (C=O) groups is 1. The Kier molecular flexibility index (Phi) is 11.3. The van der Waals surface area contributed by atoms with E-state index in [1.165, 1.54) is 35.2 Å². The van der Waals surface area contributed by atoms with Crippen LogP contribution in [0.1, 0.15) is 75.6 Å². The molecule has 0 atom stereocenters. The summed E-state index contributed by atoms with van der Waals surface area (Å²) >= 11 is 0. The van der Waals surface area contributed by atoms with Crippen LogP contribution in [0.25, 0.3) is 10.9 Å². The summed E-state index contributed by atoms with van der Waals surface area (Å²) in [6, 6.07) is 14.3. The summed E-state index contributed by atoms with van der Waals surface area (Å²) in [5, 5.41) is 7.92. The number of hydrogen-bond acceptors (Lipinski definition) is 5. The van der Waals surface area contributed by atoms with Crippen molar-refractivity contribution in [3.63, 3.8) is 0 Å². The molecule has 0 radical (unpaired) electrons. The number of nitrogens with zero attached hydrogens (tertiary/aromatic N) is 1. The van der Waals surface area contributed by atoms with E-state index in [0.29, 0.717) is 31.2 Å². The summed E-state index contributed by atoms with van der Waals surface area (Å²) in [6.07, 6.45) is 13.4. The van der Waals surface area contributed by atoms with Gasteiger partial charge < -0.3 is 20.1 Å². The number of allylic oxidation sites excluding steroid dienone is 2. The third-order valence-electron chi connectivity index (χ3n) is 7.31. The van der Waals surface area contributed by atoms with Gasteiger partial charge in [0.1, 0.15) is 0 Å². The number of nitrogens with one attached hydrogen (secondary N) is 2. The van der Waals surface area contributed by atoms with Gasteiger partial charge in [0, 0.05) is 36.3 Å². The van der Waals surface area contributed by atoms with Gasteiger partial charge in [0.15, 0.2) is 11.5 Å². The summed E-state index contributed by atoms with van der Waals surface area (Å²) in [4.78, 5) is 17.2. The van der Waals surface area contributed by atoms with E-state index in [4.69, 9.17) is 14.5 Å². The maximum Gasteiger partial charge on any atom is 0.220 e. The predicted octanol–water partition coefficient (Wildman–Crippen LogP) is 7.39. The van der Waals surface area contributed by atoms with Crippen molar-refractivity contribution >= 4 is 22.5 Å². The Hall–Kier alpha value is -3.54. The lowest BCUT2D eigenvalue weighted by atomic mass is 9.92. The minimum atomic E-state index is 0.0860. The SMILES string of the molecule is COc1cc(CNC(=O)CCCC/C=C/C(C)C)ccc1OCCCNc1c2c(nc3ccccc13)CCCC2. The number of aromatic nitrogens is 1. The number of benzene rings is 2. The third-order valence-corrected chi connectivity index (χ3v) is 7.31. The Morgan fingerprint density at radius 1 is 1.05 bits per heavy atom. The van der Waals surface area contributed by atoms with Crippen molar-refractivity contribution in [1.29, 1.82) is 0 Å². The molecule has 6 nitrogen and oxygen atoms in total. The molecule has 0 bridgehead atoms. The van der Waals surface area contributed by atoms with Gasteiger partial charge >= 0.3 is 0 Å².